The van der Waals surface area contributed by atoms with Crippen molar-refractivity contribution in [3.8, 4) is 23.2 Å². The van der Waals surface area contributed by atoms with E-state index in [1.807, 2.05) is 24.3 Å². The van der Waals surface area contributed by atoms with Gasteiger partial charge < -0.3 is 9.64 Å². The molecule has 3 rings (SSSR count). The summed E-state index contributed by atoms with van der Waals surface area (Å²) in [5.74, 6) is 1.93. The van der Waals surface area contributed by atoms with Crippen molar-refractivity contribution in [1.82, 2.24) is 19.7 Å². The number of benzene rings is 1. The highest BCUT2D eigenvalue weighted by molar-refractivity contribution is 7.99. The standard InChI is InChI=1S/C21H27N5O2S/c1-25(14-6-13-22)19(27)15-29-21-24-23-20(16-9-11-18(28-2)12-10-16)26(21)17-7-4-3-5-8-17/h9-12,17H,3-8,14-15H2,1-2H3. The van der Waals surface area contributed by atoms with Gasteiger partial charge in [0.25, 0.3) is 0 Å². The Morgan fingerprint density at radius 1 is 1.28 bits per heavy atom. The summed E-state index contributed by atoms with van der Waals surface area (Å²) in [4.78, 5) is 14.0. The fourth-order valence-corrected chi connectivity index (χ4v) is 4.51. The van der Waals surface area contributed by atoms with Gasteiger partial charge in [-0.1, -0.05) is 31.0 Å². The average molecular weight is 414 g/mol. The van der Waals surface area contributed by atoms with Crippen molar-refractivity contribution in [3.05, 3.63) is 24.3 Å². The van der Waals surface area contributed by atoms with E-state index < -0.39 is 0 Å². The zero-order valence-corrected chi connectivity index (χ0v) is 17.8. The fraction of sp³-hybridized carbons (Fsp3) is 0.524. The van der Waals surface area contributed by atoms with E-state index in [1.54, 1.807) is 19.1 Å². The molecule has 29 heavy (non-hydrogen) atoms. The summed E-state index contributed by atoms with van der Waals surface area (Å²) < 4.78 is 7.48. The van der Waals surface area contributed by atoms with Crippen LogP contribution in [0.5, 0.6) is 5.75 Å². The predicted octanol–water partition coefficient (Wildman–Crippen LogP) is 3.92. The van der Waals surface area contributed by atoms with Crippen LogP contribution in [0.15, 0.2) is 29.4 Å². The Bertz CT molecular complexity index is 853. The van der Waals surface area contributed by atoms with Crippen molar-refractivity contribution < 1.29 is 9.53 Å². The van der Waals surface area contributed by atoms with Gasteiger partial charge in [0, 0.05) is 25.2 Å². The first-order valence-electron chi connectivity index (χ1n) is 9.97. The molecule has 1 aliphatic carbocycles. The number of rotatable bonds is 8. The van der Waals surface area contributed by atoms with Crippen LogP contribution < -0.4 is 4.74 Å². The average Bonchev–Trinajstić information content (AvgIpc) is 3.20. The van der Waals surface area contributed by atoms with E-state index in [4.69, 9.17) is 10.00 Å². The molecule has 1 heterocycles. The Labute approximate surface area is 176 Å². The molecule has 1 aromatic heterocycles. The first-order valence-corrected chi connectivity index (χ1v) is 11.0. The lowest BCUT2D eigenvalue weighted by atomic mass is 9.95. The third kappa shape index (κ3) is 5.30. The number of methoxy groups -OCH3 is 1. The normalized spacial score (nSPS) is 14.4. The second kappa shape index (κ2) is 10.3. The number of amides is 1. The van der Waals surface area contributed by atoms with Crippen LogP contribution in [-0.4, -0.2) is 52.0 Å². The lowest BCUT2D eigenvalue weighted by molar-refractivity contribution is -0.127. The fourth-order valence-electron chi connectivity index (χ4n) is 3.56. The summed E-state index contributed by atoms with van der Waals surface area (Å²) in [6.45, 7) is 0.447. The quantitative estimate of drug-likeness (QED) is 0.610. The maximum atomic E-state index is 12.4. The number of thioether (sulfide) groups is 1. The summed E-state index contributed by atoms with van der Waals surface area (Å²) in [6.07, 6.45) is 6.21. The van der Waals surface area contributed by atoms with E-state index in [0.717, 1.165) is 35.1 Å². The number of nitrogens with zero attached hydrogens (tertiary/aromatic N) is 5. The Balaban J connectivity index is 1.82. The van der Waals surface area contributed by atoms with Crippen LogP contribution in [0.1, 0.15) is 44.6 Å². The zero-order chi connectivity index (χ0) is 20.6. The van der Waals surface area contributed by atoms with Gasteiger partial charge >= 0.3 is 0 Å². The van der Waals surface area contributed by atoms with Crippen LogP contribution in [0, 0.1) is 11.3 Å². The van der Waals surface area contributed by atoms with Crippen LogP contribution in [0.4, 0.5) is 0 Å². The van der Waals surface area contributed by atoms with Gasteiger partial charge in [-0.3, -0.25) is 9.36 Å². The van der Waals surface area contributed by atoms with E-state index >= 15 is 0 Å². The minimum Gasteiger partial charge on any atom is -0.497 e. The Morgan fingerprint density at radius 3 is 2.66 bits per heavy atom. The molecule has 0 saturated heterocycles. The van der Waals surface area contributed by atoms with Gasteiger partial charge in [0.15, 0.2) is 11.0 Å². The number of hydrogen-bond donors (Lipinski definition) is 0. The molecule has 1 aromatic carbocycles. The molecule has 2 aromatic rings. The molecule has 0 aliphatic heterocycles. The maximum Gasteiger partial charge on any atom is 0.232 e. The van der Waals surface area contributed by atoms with E-state index in [2.05, 4.69) is 20.8 Å². The minimum absolute atomic E-state index is 0.00515. The van der Waals surface area contributed by atoms with Crippen LogP contribution in [-0.2, 0) is 4.79 Å². The number of aromatic nitrogens is 3. The molecule has 0 radical (unpaired) electrons. The number of carbonyl (C=O) groups is 1. The van der Waals surface area contributed by atoms with Crippen molar-refractivity contribution >= 4 is 17.7 Å². The molecule has 0 unspecified atom stereocenters. The lowest BCUT2D eigenvalue weighted by Crippen LogP contribution is -2.29. The summed E-state index contributed by atoms with van der Waals surface area (Å²) in [5.41, 5.74) is 0.994. The van der Waals surface area contributed by atoms with Crippen LogP contribution in [0.2, 0.25) is 0 Å². The number of hydrogen-bond acceptors (Lipinski definition) is 6. The maximum absolute atomic E-state index is 12.4. The van der Waals surface area contributed by atoms with Gasteiger partial charge in [0.2, 0.25) is 5.91 Å². The van der Waals surface area contributed by atoms with Crippen LogP contribution in [0.3, 0.4) is 0 Å². The molecule has 154 valence electrons. The first-order chi connectivity index (χ1) is 14.1. The van der Waals surface area contributed by atoms with Crippen molar-refractivity contribution in [3.63, 3.8) is 0 Å². The topological polar surface area (TPSA) is 84.0 Å². The van der Waals surface area contributed by atoms with Crippen molar-refractivity contribution in [1.29, 1.82) is 5.26 Å². The van der Waals surface area contributed by atoms with Crippen molar-refractivity contribution in [2.75, 3.05) is 26.5 Å². The van der Waals surface area contributed by atoms with Gasteiger partial charge in [-0.2, -0.15) is 5.26 Å². The molecule has 8 heteroatoms. The van der Waals surface area contributed by atoms with Gasteiger partial charge in [-0.05, 0) is 37.1 Å². The number of ether oxygens (including phenoxy) is 1. The second-order valence-electron chi connectivity index (χ2n) is 7.21. The second-order valence-corrected chi connectivity index (χ2v) is 8.15. The SMILES string of the molecule is COc1ccc(-c2nnc(SCC(=O)N(C)CCC#N)n2C2CCCCC2)cc1. The largest absolute Gasteiger partial charge is 0.497 e. The van der Waals surface area contributed by atoms with E-state index in [-0.39, 0.29) is 11.7 Å². The molecule has 0 N–H and O–H groups in total. The summed E-state index contributed by atoms with van der Waals surface area (Å²) in [7, 11) is 3.38. The lowest BCUT2D eigenvalue weighted by Gasteiger charge is -2.25. The van der Waals surface area contributed by atoms with Gasteiger partial charge in [-0.15, -0.1) is 10.2 Å². The van der Waals surface area contributed by atoms with Gasteiger partial charge in [0.1, 0.15) is 5.75 Å². The smallest absolute Gasteiger partial charge is 0.232 e. The summed E-state index contributed by atoms with van der Waals surface area (Å²) in [5, 5.41) is 18.4. The number of nitriles is 1. The van der Waals surface area contributed by atoms with Crippen LogP contribution >= 0.6 is 11.8 Å². The van der Waals surface area contributed by atoms with Gasteiger partial charge in [0.05, 0.1) is 25.4 Å². The highest BCUT2D eigenvalue weighted by atomic mass is 32.2. The van der Waals surface area contributed by atoms with E-state index in [1.165, 1.54) is 31.0 Å². The summed E-state index contributed by atoms with van der Waals surface area (Å²) >= 11 is 1.42. The zero-order valence-electron chi connectivity index (χ0n) is 17.0. The molecule has 1 saturated carbocycles. The monoisotopic (exact) mass is 413 g/mol. The third-order valence-electron chi connectivity index (χ3n) is 5.26. The number of carbonyl (C=O) groups excluding carboxylic acids is 1. The minimum atomic E-state index is -0.00515. The molecule has 1 aliphatic rings. The first kappa shape index (κ1) is 21.2. The molecule has 0 atom stereocenters. The molecule has 1 fully saturated rings. The highest BCUT2D eigenvalue weighted by Gasteiger charge is 2.24. The molecule has 0 spiro atoms. The molecular weight excluding hydrogens is 386 g/mol. The van der Waals surface area contributed by atoms with E-state index in [0.29, 0.717) is 19.0 Å². The highest BCUT2D eigenvalue weighted by Crippen LogP contribution is 2.36. The molecule has 7 nitrogen and oxygen atoms in total. The molecule has 0 bridgehead atoms. The Hall–Kier alpha value is -2.53. The Kier molecular flexibility index (Phi) is 7.53. The predicted molar refractivity (Wildman–Crippen MR) is 113 cm³/mol. The van der Waals surface area contributed by atoms with Crippen molar-refractivity contribution in [2.45, 2.75) is 49.7 Å². The summed E-state index contributed by atoms with van der Waals surface area (Å²) in [6, 6.07) is 10.3. The molecular formula is C21H27N5O2S. The van der Waals surface area contributed by atoms with Crippen molar-refractivity contribution in [2.24, 2.45) is 0 Å². The third-order valence-corrected chi connectivity index (χ3v) is 6.19. The van der Waals surface area contributed by atoms with E-state index in [9.17, 15) is 4.79 Å². The van der Waals surface area contributed by atoms with Crippen LogP contribution in [0.25, 0.3) is 11.4 Å². The van der Waals surface area contributed by atoms with Gasteiger partial charge in [-0.25, -0.2) is 0 Å². The molecule has 1 amide bonds. The Morgan fingerprint density at radius 2 is 2.00 bits per heavy atom.